The monoisotopic (exact) mass is 319 g/mol. The van der Waals surface area contributed by atoms with Gasteiger partial charge >= 0.3 is 0 Å². The van der Waals surface area contributed by atoms with E-state index >= 15 is 0 Å². The SMILES string of the molecule is CC(C)(C)NCCCOc1cc(Br)ccc1Cl. The topological polar surface area (TPSA) is 21.3 Å². The summed E-state index contributed by atoms with van der Waals surface area (Å²) in [4.78, 5) is 0. The van der Waals surface area contributed by atoms with Crippen molar-refractivity contribution in [1.29, 1.82) is 0 Å². The zero-order valence-corrected chi connectivity index (χ0v) is 12.9. The van der Waals surface area contributed by atoms with Crippen LogP contribution in [0.4, 0.5) is 0 Å². The average molecular weight is 321 g/mol. The number of rotatable bonds is 5. The van der Waals surface area contributed by atoms with Crippen LogP contribution >= 0.6 is 27.5 Å². The normalized spacial score (nSPS) is 11.6. The van der Waals surface area contributed by atoms with Gasteiger partial charge in [-0.05, 0) is 51.9 Å². The Kier molecular flexibility index (Phi) is 5.77. The van der Waals surface area contributed by atoms with E-state index in [1.54, 1.807) is 0 Å². The van der Waals surface area contributed by atoms with Crippen molar-refractivity contribution in [3.63, 3.8) is 0 Å². The summed E-state index contributed by atoms with van der Waals surface area (Å²) in [5.41, 5.74) is 0.160. The molecule has 0 aliphatic rings. The fourth-order valence-electron chi connectivity index (χ4n) is 1.31. The molecule has 1 rings (SSSR count). The van der Waals surface area contributed by atoms with Gasteiger partial charge in [0.25, 0.3) is 0 Å². The Bertz CT molecular complexity index is 363. The second-order valence-electron chi connectivity index (χ2n) is 4.95. The second kappa shape index (κ2) is 6.62. The Labute approximate surface area is 117 Å². The molecule has 2 nitrogen and oxygen atoms in total. The molecular weight excluding hydrogens is 302 g/mol. The summed E-state index contributed by atoms with van der Waals surface area (Å²) in [5, 5.41) is 4.06. The highest BCUT2D eigenvalue weighted by Crippen LogP contribution is 2.27. The first-order valence-electron chi connectivity index (χ1n) is 5.71. The van der Waals surface area contributed by atoms with E-state index < -0.39 is 0 Å². The van der Waals surface area contributed by atoms with Gasteiger partial charge in [0.1, 0.15) is 5.75 Å². The Morgan fingerprint density at radius 1 is 1.35 bits per heavy atom. The molecule has 0 aliphatic heterocycles. The van der Waals surface area contributed by atoms with Crippen LogP contribution in [-0.4, -0.2) is 18.7 Å². The average Bonchev–Trinajstić information content (AvgIpc) is 2.21. The van der Waals surface area contributed by atoms with Crippen molar-refractivity contribution in [3.8, 4) is 5.75 Å². The lowest BCUT2D eigenvalue weighted by molar-refractivity contribution is 0.298. The molecule has 0 heterocycles. The van der Waals surface area contributed by atoms with Crippen LogP contribution in [0.3, 0.4) is 0 Å². The Morgan fingerprint density at radius 2 is 2.06 bits per heavy atom. The lowest BCUT2D eigenvalue weighted by Crippen LogP contribution is -2.36. The predicted molar refractivity (Wildman–Crippen MR) is 77.0 cm³/mol. The lowest BCUT2D eigenvalue weighted by Gasteiger charge is -2.20. The van der Waals surface area contributed by atoms with E-state index in [-0.39, 0.29) is 5.54 Å². The smallest absolute Gasteiger partial charge is 0.139 e. The van der Waals surface area contributed by atoms with Crippen LogP contribution in [0.15, 0.2) is 22.7 Å². The molecule has 0 fully saturated rings. The molecule has 96 valence electrons. The molecule has 0 atom stereocenters. The van der Waals surface area contributed by atoms with Crippen LogP contribution in [-0.2, 0) is 0 Å². The highest BCUT2D eigenvalue weighted by Gasteiger charge is 2.07. The van der Waals surface area contributed by atoms with Crippen molar-refractivity contribution in [1.82, 2.24) is 5.32 Å². The van der Waals surface area contributed by atoms with Gasteiger partial charge in [-0.1, -0.05) is 27.5 Å². The fourth-order valence-corrected chi connectivity index (χ4v) is 1.82. The minimum atomic E-state index is 0.160. The van der Waals surface area contributed by atoms with E-state index in [0.29, 0.717) is 11.6 Å². The zero-order chi connectivity index (χ0) is 12.9. The van der Waals surface area contributed by atoms with E-state index in [1.165, 1.54) is 0 Å². The molecule has 0 bridgehead atoms. The van der Waals surface area contributed by atoms with Crippen molar-refractivity contribution in [2.24, 2.45) is 0 Å². The number of hydrogen-bond acceptors (Lipinski definition) is 2. The van der Waals surface area contributed by atoms with E-state index in [2.05, 4.69) is 42.0 Å². The highest BCUT2D eigenvalue weighted by atomic mass is 79.9. The Balaban J connectivity index is 2.29. The summed E-state index contributed by atoms with van der Waals surface area (Å²) in [6.07, 6.45) is 0.958. The first kappa shape index (κ1) is 14.8. The second-order valence-corrected chi connectivity index (χ2v) is 6.28. The maximum atomic E-state index is 6.02. The van der Waals surface area contributed by atoms with Crippen molar-refractivity contribution in [3.05, 3.63) is 27.7 Å². The van der Waals surface area contributed by atoms with Gasteiger partial charge in [-0.25, -0.2) is 0 Å². The zero-order valence-electron chi connectivity index (χ0n) is 10.5. The van der Waals surface area contributed by atoms with Gasteiger partial charge in [0, 0.05) is 10.0 Å². The number of ether oxygens (including phenoxy) is 1. The van der Waals surface area contributed by atoms with Crippen molar-refractivity contribution in [2.75, 3.05) is 13.2 Å². The standard InChI is InChI=1S/C13H19BrClNO/c1-13(2,3)16-7-4-8-17-12-9-10(14)5-6-11(12)15/h5-6,9,16H,4,7-8H2,1-3H3. The molecular formula is C13H19BrClNO. The predicted octanol–water partition coefficient (Wildman–Crippen LogP) is 4.26. The maximum Gasteiger partial charge on any atom is 0.139 e. The highest BCUT2D eigenvalue weighted by molar-refractivity contribution is 9.10. The van der Waals surface area contributed by atoms with E-state index in [0.717, 1.165) is 23.2 Å². The molecule has 1 aromatic carbocycles. The summed E-state index contributed by atoms with van der Waals surface area (Å²) in [6.45, 7) is 8.06. The third kappa shape index (κ3) is 6.29. The number of halogens is 2. The first-order valence-corrected chi connectivity index (χ1v) is 6.88. The van der Waals surface area contributed by atoms with Gasteiger partial charge in [-0.3, -0.25) is 0 Å². The molecule has 1 N–H and O–H groups in total. The molecule has 0 radical (unpaired) electrons. The summed E-state index contributed by atoms with van der Waals surface area (Å²) in [6, 6.07) is 5.62. The molecule has 0 saturated heterocycles. The number of nitrogens with one attached hydrogen (secondary N) is 1. The summed E-state index contributed by atoms with van der Waals surface area (Å²) < 4.78 is 6.61. The third-order valence-corrected chi connectivity index (χ3v) is 2.93. The van der Waals surface area contributed by atoms with Crippen LogP contribution in [0, 0.1) is 0 Å². The van der Waals surface area contributed by atoms with Crippen molar-refractivity contribution >= 4 is 27.5 Å². The van der Waals surface area contributed by atoms with Crippen molar-refractivity contribution in [2.45, 2.75) is 32.7 Å². The van der Waals surface area contributed by atoms with Gasteiger partial charge < -0.3 is 10.1 Å². The lowest BCUT2D eigenvalue weighted by atomic mass is 10.1. The van der Waals surface area contributed by atoms with E-state index in [1.807, 2.05) is 18.2 Å². The molecule has 0 unspecified atom stereocenters. The third-order valence-electron chi connectivity index (χ3n) is 2.13. The van der Waals surface area contributed by atoms with Crippen LogP contribution < -0.4 is 10.1 Å². The minimum absolute atomic E-state index is 0.160. The Morgan fingerprint density at radius 3 is 2.71 bits per heavy atom. The van der Waals surface area contributed by atoms with Gasteiger partial charge in [-0.15, -0.1) is 0 Å². The van der Waals surface area contributed by atoms with E-state index in [9.17, 15) is 0 Å². The minimum Gasteiger partial charge on any atom is -0.492 e. The molecule has 0 aromatic heterocycles. The van der Waals surface area contributed by atoms with Crippen LogP contribution in [0.1, 0.15) is 27.2 Å². The molecule has 0 aliphatic carbocycles. The summed E-state index contributed by atoms with van der Waals surface area (Å²) >= 11 is 9.41. The largest absolute Gasteiger partial charge is 0.492 e. The van der Waals surface area contributed by atoms with Crippen LogP contribution in [0.25, 0.3) is 0 Å². The van der Waals surface area contributed by atoms with Gasteiger partial charge in [0.15, 0.2) is 0 Å². The molecule has 0 spiro atoms. The molecule has 0 saturated carbocycles. The Hall–Kier alpha value is -0.250. The molecule has 1 aromatic rings. The summed E-state index contributed by atoms with van der Waals surface area (Å²) in [7, 11) is 0. The number of benzene rings is 1. The van der Waals surface area contributed by atoms with Crippen molar-refractivity contribution < 1.29 is 4.74 Å². The van der Waals surface area contributed by atoms with Crippen LogP contribution in [0.5, 0.6) is 5.75 Å². The van der Waals surface area contributed by atoms with Gasteiger partial charge in [0.05, 0.1) is 11.6 Å². The maximum absolute atomic E-state index is 6.02. The molecule has 0 amide bonds. The fraction of sp³-hybridized carbons (Fsp3) is 0.538. The first-order chi connectivity index (χ1) is 7.88. The van der Waals surface area contributed by atoms with Crippen LogP contribution in [0.2, 0.25) is 5.02 Å². The number of hydrogen-bond donors (Lipinski definition) is 1. The van der Waals surface area contributed by atoms with Gasteiger partial charge in [0.2, 0.25) is 0 Å². The quantitative estimate of drug-likeness (QED) is 0.819. The molecule has 17 heavy (non-hydrogen) atoms. The van der Waals surface area contributed by atoms with E-state index in [4.69, 9.17) is 16.3 Å². The summed E-state index contributed by atoms with van der Waals surface area (Å²) in [5.74, 6) is 0.733. The van der Waals surface area contributed by atoms with Gasteiger partial charge in [-0.2, -0.15) is 0 Å². The molecule has 4 heteroatoms.